The van der Waals surface area contributed by atoms with E-state index in [-0.39, 0.29) is 23.9 Å². The minimum atomic E-state index is -0.382. The molecule has 6 heteroatoms. The van der Waals surface area contributed by atoms with Crippen molar-refractivity contribution in [1.29, 1.82) is 5.41 Å². The van der Waals surface area contributed by atoms with E-state index in [1.54, 1.807) is 30.3 Å². The van der Waals surface area contributed by atoms with Crippen LogP contribution in [0.2, 0.25) is 0 Å². The van der Waals surface area contributed by atoms with Gasteiger partial charge in [0.25, 0.3) is 0 Å². The quantitative estimate of drug-likeness (QED) is 0.436. The Bertz CT molecular complexity index is 917. The number of ether oxygens (including phenoxy) is 1. The Labute approximate surface area is 138 Å². The first-order valence-corrected chi connectivity index (χ1v) is 6.70. The van der Waals surface area contributed by atoms with E-state index in [1.165, 1.54) is 6.07 Å². The number of rotatable bonds is 3. The molecule has 0 aliphatic carbocycles. The molecule has 5 nitrogen and oxygen atoms in total. The minimum absolute atomic E-state index is 0. The Hall–Kier alpha value is -2.79. The number of nitrogen functional groups attached to an aromatic ring is 1. The summed E-state index contributed by atoms with van der Waals surface area (Å²) in [5.41, 5.74) is 7.01. The molecule has 0 spiro atoms. The lowest BCUT2D eigenvalue weighted by atomic mass is 10.1. The van der Waals surface area contributed by atoms with E-state index in [1.807, 2.05) is 19.1 Å². The summed E-state index contributed by atoms with van der Waals surface area (Å²) in [7, 11) is 0. The van der Waals surface area contributed by atoms with Gasteiger partial charge in [-0.25, -0.2) is 4.79 Å². The first kappa shape index (κ1) is 16.6. The van der Waals surface area contributed by atoms with Crippen molar-refractivity contribution in [3.8, 4) is 11.5 Å². The highest BCUT2D eigenvalue weighted by Crippen LogP contribution is 2.26. The van der Waals surface area contributed by atoms with E-state index in [9.17, 15) is 4.79 Å². The predicted molar refractivity (Wildman–Crippen MR) is 92.0 cm³/mol. The van der Waals surface area contributed by atoms with Crippen molar-refractivity contribution in [2.24, 2.45) is 5.73 Å². The number of aryl methyl sites for hydroxylation is 1. The summed E-state index contributed by atoms with van der Waals surface area (Å²) in [6, 6.07) is 13.7. The van der Waals surface area contributed by atoms with Crippen LogP contribution in [0, 0.1) is 12.3 Å². The van der Waals surface area contributed by atoms with Crippen molar-refractivity contribution in [1.82, 2.24) is 0 Å². The fraction of sp³-hybridized carbons (Fsp3) is 0.0588. The monoisotopic (exact) mass is 330 g/mol. The summed E-state index contributed by atoms with van der Waals surface area (Å²) in [5, 5.41) is 8.23. The predicted octanol–water partition coefficient (Wildman–Crippen LogP) is 3.60. The zero-order chi connectivity index (χ0) is 15.7. The van der Waals surface area contributed by atoms with Crippen LogP contribution in [-0.2, 0) is 0 Å². The third-order valence-corrected chi connectivity index (χ3v) is 3.32. The summed E-state index contributed by atoms with van der Waals surface area (Å²) >= 11 is 0. The topological polar surface area (TPSA) is 89.3 Å². The number of hydrogen-bond acceptors (Lipinski definition) is 4. The molecular weight excluding hydrogens is 316 g/mol. The molecule has 3 rings (SSSR count). The normalized spacial score (nSPS) is 10.1. The highest BCUT2D eigenvalue weighted by molar-refractivity contribution is 5.95. The molecule has 0 radical (unpaired) electrons. The first-order chi connectivity index (χ1) is 10.5. The summed E-state index contributed by atoms with van der Waals surface area (Å²) in [6.45, 7) is 1.86. The molecule has 0 aliphatic heterocycles. The first-order valence-electron chi connectivity index (χ1n) is 6.70. The van der Waals surface area contributed by atoms with Gasteiger partial charge in [0.15, 0.2) is 0 Å². The lowest BCUT2D eigenvalue weighted by Gasteiger charge is -2.08. The van der Waals surface area contributed by atoms with Gasteiger partial charge in [0.2, 0.25) is 0 Å². The van der Waals surface area contributed by atoms with Gasteiger partial charge in [-0.1, -0.05) is 0 Å². The SMILES string of the molecule is Cc1cc(=O)oc2cc(Oc3ccc(C(=N)N)cc3)ccc12.Cl. The van der Waals surface area contributed by atoms with Gasteiger partial charge < -0.3 is 14.9 Å². The van der Waals surface area contributed by atoms with E-state index in [4.69, 9.17) is 20.3 Å². The second-order valence-electron chi connectivity index (χ2n) is 4.95. The molecule has 1 aromatic heterocycles. The van der Waals surface area contributed by atoms with Gasteiger partial charge in [-0.2, -0.15) is 0 Å². The fourth-order valence-electron chi connectivity index (χ4n) is 2.21. The van der Waals surface area contributed by atoms with Crippen LogP contribution in [0.5, 0.6) is 11.5 Å². The van der Waals surface area contributed by atoms with Crippen LogP contribution in [0.3, 0.4) is 0 Å². The molecule has 118 valence electrons. The van der Waals surface area contributed by atoms with Crippen LogP contribution >= 0.6 is 12.4 Å². The molecule has 0 amide bonds. The summed E-state index contributed by atoms with van der Waals surface area (Å²) in [5.74, 6) is 1.19. The maximum absolute atomic E-state index is 11.4. The Morgan fingerprint density at radius 3 is 2.39 bits per heavy atom. The molecule has 0 bridgehead atoms. The third kappa shape index (κ3) is 3.52. The van der Waals surface area contributed by atoms with Gasteiger partial charge in [0, 0.05) is 23.1 Å². The van der Waals surface area contributed by atoms with Gasteiger partial charge in [-0.15, -0.1) is 12.4 Å². The van der Waals surface area contributed by atoms with Crippen LogP contribution < -0.4 is 16.1 Å². The van der Waals surface area contributed by atoms with Crippen LogP contribution in [0.25, 0.3) is 11.0 Å². The van der Waals surface area contributed by atoms with Gasteiger partial charge in [0.1, 0.15) is 22.9 Å². The lowest BCUT2D eigenvalue weighted by Crippen LogP contribution is -2.10. The molecule has 23 heavy (non-hydrogen) atoms. The number of nitrogens with one attached hydrogen (secondary N) is 1. The maximum Gasteiger partial charge on any atom is 0.336 e. The van der Waals surface area contributed by atoms with Gasteiger partial charge in [-0.3, -0.25) is 5.41 Å². The smallest absolute Gasteiger partial charge is 0.336 e. The average Bonchev–Trinajstić information content (AvgIpc) is 2.47. The van der Waals surface area contributed by atoms with E-state index in [0.29, 0.717) is 22.6 Å². The third-order valence-electron chi connectivity index (χ3n) is 3.32. The lowest BCUT2D eigenvalue weighted by molar-refractivity contribution is 0.480. The molecule has 0 atom stereocenters. The Balaban J connectivity index is 0.00000192. The zero-order valence-corrected chi connectivity index (χ0v) is 13.1. The molecular formula is C17H15ClN2O3. The second-order valence-corrected chi connectivity index (χ2v) is 4.95. The molecule has 0 unspecified atom stereocenters. The molecule has 3 aromatic rings. The minimum Gasteiger partial charge on any atom is -0.457 e. The largest absolute Gasteiger partial charge is 0.457 e. The molecule has 0 fully saturated rings. The van der Waals surface area contributed by atoms with Crippen molar-refractivity contribution in [3.63, 3.8) is 0 Å². The van der Waals surface area contributed by atoms with E-state index >= 15 is 0 Å². The summed E-state index contributed by atoms with van der Waals surface area (Å²) < 4.78 is 10.9. The number of halogens is 1. The second kappa shape index (κ2) is 6.54. The van der Waals surface area contributed by atoms with Crippen molar-refractivity contribution < 1.29 is 9.15 Å². The number of nitrogens with two attached hydrogens (primary N) is 1. The molecule has 0 aliphatic rings. The molecule has 0 saturated heterocycles. The van der Waals surface area contributed by atoms with Gasteiger partial charge >= 0.3 is 5.63 Å². The van der Waals surface area contributed by atoms with Gasteiger partial charge in [-0.05, 0) is 48.9 Å². The Kier molecular flexibility index (Phi) is 4.71. The highest BCUT2D eigenvalue weighted by Gasteiger charge is 2.05. The Morgan fingerprint density at radius 2 is 1.74 bits per heavy atom. The standard InChI is InChI=1S/C17H14N2O3.ClH/c1-10-8-16(20)22-15-9-13(6-7-14(10)15)21-12-4-2-11(3-5-12)17(18)19;/h2-9H,1H3,(H3,18,19);1H. The highest BCUT2D eigenvalue weighted by atomic mass is 35.5. The Morgan fingerprint density at radius 1 is 1.09 bits per heavy atom. The van der Waals surface area contributed by atoms with Gasteiger partial charge in [0.05, 0.1) is 0 Å². The van der Waals surface area contributed by atoms with Crippen LogP contribution in [0.4, 0.5) is 0 Å². The number of fused-ring (bicyclic) bond motifs is 1. The average molecular weight is 331 g/mol. The summed E-state index contributed by atoms with van der Waals surface area (Å²) in [4.78, 5) is 11.4. The number of hydrogen-bond donors (Lipinski definition) is 2. The number of amidine groups is 1. The van der Waals surface area contributed by atoms with Crippen molar-refractivity contribution in [2.75, 3.05) is 0 Å². The molecule has 3 N–H and O–H groups in total. The van der Waals surface area contributed by atoms with Crippen molar-refractivity contribution in [3.05, 3.63) is 70.1 Å². The van der Waals surface area contributed by atoms with E-state index < -0.39 is 0 Å². The van der Waals surface area contributed by atoms with E-state index in [2.05, 4.69) is 0 Å². The summed E-state index contributed by atoms with van der Waals surface area (Å²) in [6.07, 6.45) is 0. The maximum atomic E-state index is 11.4. The van der Waals surface area contributed by atoms with E-state index in [0.717, 1.165) is 10.9 Å². The van der Waals surface area contributed by atoms with Crippen molar-refractivity contribution in [2.45, 2.75) is 6.92 Å². The van der Waals surface area contributed by atoms with Crippen LogP contribution in [0.15, 0.2) is 57.7 Å². The zero-order valence-electron chi connectivity index (χ0n) is 12.3. The van der Waals surface area contributed by atoms with Crippen LogP contribution in [-0.4, -0.2) is 5.84 Å². The molecule has 2 aromatic carbocycles. The fourth-order valence-corrected chi connectivity index (χ4v) is 2.21. The molecule has 1 heterocycles. The molecule has 0 saturated carbocycles. The number of benzene rings is 2. The van der Waals surface area contributed by atoms with Crippen molar-refractivity contribution >= 4 is 29.2 Å². The van der Waals surface area contributed by atoms with Crippen LogP contribution in [0.1, 0.15) is 11.1 Å².